The van der Waals surface area contributed by atoms with Crippen molar-refractivity contribution in [2.45, 2.75) is 31.6 Å². The lowest BCUT2D eigenvalue weighted by atomic mass is 9.82. The van der Waals surface area contributed by atoms with Gasteiger partial charge >= 0.3 is 12.4 Å². The Morgan fingerprint density at radius 3 is 1.94 bits per heavy atom. The molecule has 2 aromatic carbocycles. The van der Waals surface area contributed by atoms with Crippen LogP contribution in [0.3, 0.4) is 0 Å². The van der Waals surface area contributed by atoms with Gasteiger partial charge in [0.25, 0.3) is 0 Å². The predicted molar refractivity (Wildman–Crippen MR) is 112 cm³/mol. The molecule has 0 aliphatic heterocycles. The quantitative estimate of drug-likeness (QED) is 0.323. The molecular formula is C24H20F6N2O. The highest BCUT2D eigenvalue weighted by Gasteiger charge is 2.38. The predicted octanol–water partition coefficient (Wildman–Crippen LogP) is 6.74. The van der Waals surface area contributed by atoms with Crippen LogP contribution in [0.4, 0.5) is 32.0 Å². The first-order valence-electron chi connectivity index (χ1n) is 9.86. The molecule has 0 atom stereocenters. The molecule has 1 heterocycles. The van der Waals surface area contributed by atoms with Crippen LogP contribution in [0.5, 0.6) is 0 Å². The van der Waals surface area contributed by atoms with Crippen LogP contribution >= 0.6 is 0 Å². The molecule has 0 fully saturated rings. The van der Waals surface area contributed by atoms with Gasteiger partial charge in [0.1, 0.15) is 0 Å². The molecule has 0 aliphatic carbocycles. The number of anilines is 1. The average molecular weight is 466 g/mol. The SMILES string of the molecule is CC(C)(CNc1cnccc1C(=O)c1ccccc1)c1cc(C(F)(F)F)cc(C(F)(F)F)c1. The highest BCUT2D eigenvalue weighted by Crippen LogP contribution is 2.39. The number of halogens is 6. The second kappa shape index (κ2) is 8.88. The molecule has 0 spiro atoms. The second-order valence-electron chi connectivity index (χ2n) is 8.15. The van der Waals surface area contributed by atoms with Crippen LogP contribution in [0.15, 0.2) is 67.0 Å². The minimum absolute atomic E-state index is 0.0492. The van der Waals surface area contributed by atoms with Crippen LogP contribution in [0.1, 0.15) is 46.5 Å². The molecule has 33 heavy (non-hydrogen) atoms. The summed E-state index contributed by atoms with van der Waals surface area (Å²) in [6.45, 7) is 2.99. The maximum absolute atomic E-state index is 13.2. The fourth-order valence-electron chi connectivity index (χ4n) is 3.24. The van der Waals surface area contributed by atoms with Crippen molar-refractivity contribution in [1.82, 2.24) is 4.98 Å². The van der Waals surface area contributed by atoms with E-state index in [4.69, 9.17) is 0 Å². The Bertz CT molecular complexity index is 1110. The molecule has 0 aliphatic rings. The fourth-order valence-corrected chi connectivity index (χ4v) is 3.24. The zero-order valence-corrected chi connectivity index (χ0v) is 17.7. The Labute approximate surface area is 186 Å². The molecule has 3 rings (SSSR count). The van der Waals surface area contributed by atoms with Gasteiger partial charge in [-0.2, -0.15) is 26.3 Å². The first-order chi connectivity index (χ1) is 15.3. The van der Waals surface area contributed by atoms with E-state index in [9.17, 15) is 31.1 Å². The van der Waals surface area contributed by atoms with Gasteiger partial charge in [-0.05, 0) is 29.8 Å². The van der Waals surface area contributed by atoms with Crippen molar-refractivity contribution in [3.05, 3.63) is 94.8 Å². The smallest absolute Gasteiger partial charge is 0.382 e. The normalized spacial score (nSPS) is 12.5. The van der Waals surface area contributed by atoms with Gasteiger partial charge in [0.2, 0.25) is 0 Å². The number of aromatic nitrogens is 1. The number of hydrogen-bond donors (Lipinski definition) is 1. The molecule has 0 saturated heterocycles. The van der Waals surface area contributed by atoms with Gasteiger partial charge in [-0.1, -0.05) is 44.2 Å². The number of ketones is 1. The molecule has 1 N–H and O–H groups in total. The zero-order valence-electron chi connectivity index (χ0n) is 17.7. The maximum atomic E-state index is 13.2. The Balaban J connectivity index is 1.92. The van der Waals surface area contributed by atoms with Crippen LogP contribution in [-0.4, -0.2) is 17.3 Å². The van der Waals surface area contributed by atoms with Gasteiger partial charge < -0.3 is 5.32 Å². The van der Waals surface area contributed by atoms with E-state index in [0.29, 0.717) is 11.3 Å². The molecule has 0 unspecified atom stereocenters. The molecule has 3 aromatic rings. The number of rotatable bonds is 6. The van der Waals surface area contributed by atoms with Crippen molar-refractivity contribution >= 4 is 11.5 Å². The Morgan fingerprint density at radius 1 is 0.848 bits per heavy atom. The number of carbonyl (C=O) groups excluding carboxylic acids is 1. The van der Waals surface area contributed by atoms with Gasteiger partial charge in [0.05, 0.1) is 23.0 Å². The fraction of sp³-hybridized carbons (Fsp3) is 0.250. The number of hydrogen-bond acceptors (Lipinski definition) is 3. The van der Waals surface area contributed by atoms with E-state index in [1.807, 2.05) is 0 Å². The van der Waals surface area contributed by atoms with E-state index in [1.54, 1.807) is 30.3 Å². The molecule has 0 amide bonds. The zero-order chi connectivity index (χ0) is 24.4. The standard InChI is InChI=1S/C24H20F6N2O/c1-22(2,16-10-17(23(25,26)27)12-18(11-16)24(28,29)30)14-32-20-13-31-9-8-19(20)21(33)15-6-4-3-5-7-15/h3-13,32H,14H2,1-2H3. The van der Waals surface area contributed by atoms with Gasteiger partial charge in [-0.25, -0.2) is 0 Å². The number of alkyl halides is 6. The van der Waals surface area contributed by atoms with Crippen LogP contribution < -0.4 is 5.32 Å². The lowest BCUT2D eigenvalue weighted by Gasteiger charge is -2.28. The van der Waals surface area contributed by atoms with Crippen molar-refractivity contribution < 1.29 is 31.1 Å². The Morgan fingerprint density at radius 2 is 1.39 bits per heavy atom. The number of pyridine rings is 1. The van der Waals surface area contributed by atoms with Crippen LogP contribution in [0, 0.1) is 0 Å². The van der Waals surface area contributed by atoms with Crippen LogP contribution in [0.25, 0.3) is 0 Å². The highest BCUT2D eigenvalue weighted by atomic mass is 19.4. The van der Waals surface area contributed by atoms with Gasteiger partial charge in [0.15, 0.2) is 5.78 Å². The lowest BCUT2D eigenvalue weighted by molar-refractivity contribution is -0.143. The maximum Gasteiger partial charge on any atom is 0.416 e. The first kappa shape index (κ1) is 24.3. The number of nitrogens with zero attached hydrogens (tertiary/aromatic N) is 1. The lowest BCUT2D eigenvalue weighted by Crippen LogP contribution is -2.29. The second-order valence-corrected chi connectivity index (χ2v) is 8.15. The minimum Gasteiger partial charge on any atom is -0.382 e. The third-order valence-corrected chi connectivity index (χ3v) is 5.19. The average Bonchev–Trinajstić information content (AvgIpc) is 2.76. The van der Waals surface area contributed by atoms with E-state index >= 15 is 0 Å². The van der Waals surface area contributed by atoms with Gasteiger partial charge in [-0.15, -0.1) is 0 Å². The van der Waals surface area contributed by atoms with Crippen molar-refractivity contribution in [2.75, 3.05) is 11.9 Å². The Kier molecular flexibility index (Phi) is 6.53. The summed E-state index contributed by atoms with van der Waals surface area (Å²) in [6, 6.07) is 11.5. The van der Waals surface area contributed by atoms with E-state index in [0.717, 1.165) is 12.1 Å². The van der Waals surface area contributed by atoms with Crippen molar-refractivity contribution in [3.63, 3.8) is 0 Å². The summed E-state index contributed by atoms with van der Waals surface area (Å²) in [5.74, 6) is -0.295. The molecule has 9 heteroatoms. The van der Waals surface area contributed by atoms with E-state index in [-0.39, 0.29) is 29.5 Å². The van der Waals surface area contributed by atoms with Crippen LogP contribution in [0.2, 0.25) is 0 Å². The summed E-state index contributed by atoms with van der Waals surface area (Å²) < 4.78 is 79.5. The molecule has 0 saturated carbocycles. The van der Waals surface area contributed by atoms with Gasteiger partial charge in [-0.3, -0.25) is 9.78 Å². The number of nitrogens with one attached hydrogen (secondary N) is 1. The Hall–Kier alpha value is -3.36. The summed E-state index contributed by atoms with van der Waals surface area (Å²) in [5.41, 5.74) is -3.00. The van der Waals surface area contributed by atoms with Crippen molar-refractivity contribution in [2.24, 2.45) is 0 Å². The van der Waals surface area contributed by atoms with Gasteiger partial charge in [0, 0.05) is 29.3 Å². The topological polar surface area (TPSA) is 42.0 Å². The summed E-state index contributed by atoms with van der Waals surface area (Å²) in [4.78, 5) is 16.8. The van der Waals surface area contributed by atoms with Crippen LogP contribution in [-0.2, 0) is 17.8 Å². The molecule has 1 aromatic heterocycles. The number of carbonyl (C=O) groups is 1. The summed E-state index contributed by atoms with van der Waals surface area (Å²) in [7, 11) is 0. The van der Waals surface area contributed by atoms with E-state index < -0.39 is 28.9 Å². The summed E-state index contributed by atoms with van der Waals surface area (Å²) in [6.07, 6.45) is -7.05. The monoisotopic (exact) mass is 466 g/mol. The minimum atomic E-state index is -4.93. The molecule has 174 valence electrons. The third-order valence-electron chi connectivity index (χ3n) is 5.19. The molecule has 0 radical (unpaired) electrons. The van der Waals surface area contributed by atoms with E-state index in [1.165, 1.54) is 32.3 Å². The first-order valence-corrected chi connectivity index (χ1v) is 9.86. The summed E-state index contributed by atoms with van der Waals surface area (Å²) in [5, 5.41) is 2.97. The largest absolute Gasteiger partial charge is 0.416 e. The number of benzene rings is 2. The van der Waals surface area contributed by atoms with E-state index in [2.05, 4.69) is 10.3 Å². The third kappa shape index (κ3) is 5.71. The summed E-state index contributed by atoms with van der Waals surface area (Å²) >= 11 is 0. The molecular weight excluding hydrogens is 446 g/mol. The van der Waals surface area contributed by atoms with Crippen molar-refractivity contribution in [1.29, 1.82) is 0 Å². The molecule has 3 nitrogen and oxygen atoms in total. The molecule has 0 bridgehead atoms. The highest BCUT2D eigenvalue weighted by molar-refractivity contribution is 6.12. The van der Waals surface area contributed by atoms with Crippen molar-refractivity contribution in [3.8, 4) is 0 Å².